The zero-order valence-electron chi connectivity index (χ0n) is 13.0. The van der Waals surface area contributed by atoms with Gasteiger partial charge in [0.1, 0.15) is 0 Å². The van der Waals surface area contributed by atoms with E-state index in [1.165, 1.54) is 0 Å². The molecule has 1 fully saturated rings. The quantitative estimate of drug-likeness (QED) is 0.818. The van der Waals surface area contributed by atoms with Gasteiger partial charge < -0.3 is 15.7 Å². The van der Waals surface area contributed by atoms with Crippen molar-refractivity contribution in [2.24, 2.45) is 0 Å². The van der Waals surface area contributed by atoms with Crippen molar-refractivity contribution in [3.05, 3.63) is 11.4 Å². The third kappa shape index (κ3) is 3.31. The van der Waals surface area contributed by atoms with E-state index in [0.717, 1.165) is 36.7 Å². The maximum Gasteiger partial charge on any atom is 0.0862 e. The summed E-state index contributed by atoms with van der Waals surface area (Å²) in [7, 11) is 2.15. The van der Waals surface area contributed by atoms with Gasteiger partial charge in [0.2, 0.25) is 0 Å². The Bertz CT molecular complexity index is 459. The molecule has 1 saturated heterocycles. The van der Waals surface area contributed by atoms with Gasteiger partial charge >= 0.3 is 0 Å². The summed E-state index contributed by atoms with van der Waals surface area (Å²) in [6, 6.07) is 0.542. The SMILES string of the molecule is Cc1nn(CC(O)CN2CCN(C)C(C)C2)c(C)c1N. The predicted octanol–water partition coefficient (Wildman–Crippen LogP) is 0.0789. The minimum Gasteiger partial charge on any atom is -0.396 e. The maximum atomic E-state index is 10.3. The number of anilines is 1. The second-order valence-electron chi connectivity index (χ2n) is 6.01. The van der Waals surface area contributed by atoms with E-state index < -0.39 is 6.10 Å². The van der Waals surface area contributed by atoms with Gasteiger partial charge in [0.05, 0.1) is 29.7 Å². The molecule has 6 nitrogen and oxygen atoms in total. The molecule has 0 radical (unpaired) electrons. The number of nitrogens with two attached hydrogens (primary N) is 1. The van der Waals surface area contributed by atoms with Crippen molar-refractivity contribution in [3.8, 4) is 0 Å². The van der Waals surface area contributed by atoms with Gasteiger partial charge in [0.25, 0.3) is 0 Å². The third-order valence-electron chi connectivity index (χ3n) is 4.33. The lowest BCUT2D eigenvalue weighted by Crippen LogP contribution is -2.52. The molecule has 0 saturated carbocycles. The van der Waals surface area contributed by atoms with Gasteiger partial charge in [-0.05, 0) is 27.8 Å². The molecule has 2 heterocycles. The Hall–Kier alpha value is -1.11. The number of aryl methyl sites for hydroxylation is 1. The van der Waals surface area contributed by atoms with Gasteiger partial charge in [-0.2, -0.15) is 5.10 Å². The van der Waals surface area contributed by atoms with E-state index in [4.69, 9.17) is 5.73 Å². The fraction of sp³-hybridized carbons (Fsp3) is 0.786. The monoisotopic (exact) mass is 281 g/mol. The van der Waals surface area contributed by atoms with Crippen LogP contribution in [0.3, 0.4) is 0 Å². The second-order valence-corrected chi connectivity index (χ2v) is 6.01. The molecule has 6 heteroatoms. The normalized spacial score (nSPS) is 23.1. The van der Waals surface area contributed by atoms with Gasteiger partial charge in [0.15, 0.2) is 0 Å². The Labute approximate surface area is 121 Å². The van der Waals surface area contributed by atoms with Crippen LogP contribution in [0.5, 0.6) is 0 Å². The number of aliphatic hydroxyl groups is 1. The molecule has 20 heavy (non-hydrogen) atoms. The number of likely N-dealkylation sites (N-methyl/N-ethyl adjacent to an activating group) is 1. The van der Waals surface area contributed by atoms with Crippen LogP contribution >= 0.6 is 0 Å². The first-order chi connectivity index (χ1) is 9.38. The number of aliphatic hydroxyl groups excluding tert-OH is 1. The average molecular weight is 281 g/mol. The zero-order chi connectivity index (χ0) is 14.9. The highest BCUT2D eigenvalue weighted by Crippen LogP contribution is 2.15. The Balaban J connectivity index is 1.89. The van der Waals surface area contributed by atoms with E-state index >= 15 is 0 Å². The highest BCUT2D eigenvalue weighted by Gasteiger charge is 2.23. The van der Waals surface area contributed by atoms with Crippen LogP contribution in [0.2, 0.25) is 0 Å². The lowest BCUT2D eigenvalue weighted by atomic mass is 10.2. The Morgan fingerprint density at radius 1 is 1.35 bits per heavy atom. The molecule has 0 aliphatic carbocycles. The van der Waals surface area contributed by atoms with E-state index in [-0.39, 0.29) is 0 Å². The van der Waals surface area contributed by atoms with Gasteiger partial charge in [-0.15, -0.1) is 0 Å². The van der Waals surface area contributed by atoms with Crippen molar-refractivity contribution in [2.45, 2.75) is 39.5 Å². The third-order valence-corrected chi connectivity index (χ3v) is 4.33. The highest BCUT2D eigenvalue weighted by atomic mass is 16.3. The van der Waals surface area contributed by atoms with Crippen LogP contribution in [-0.2, 0) is 6.54 Å². The van der Waals surface area contributed by atoms with Gasteiger partial charge in [-0.3, -0.25) is 9.58 Å². The second kappa shape index (κ2) is 6.11. The Morgan fingerprint density at radius 3 is 2.60 bits per heavy atom. The van der Waals surface area contributed by atoms with Crippen molar-refractivity contribution in [1.29, 1.82) is 0 Å². The van der Waals surface area contributed by atoms with E-state index in [1.807, 2.05) is 18.5 Å². The smallest absolute Gasteiger partial charge is 0.0862 e. The van der Waals surface area contributed by atoms with Crippen molar-refractivity contribution in [3.63, 3.8) is 0 Å². The van der Waals surface area contributed by atoms with Crippen molar-refractivity contribution in [1.82, 2.24) is 19.6 Å². The molecule has 0 bridgehead atoms. The molecule has 0 aromatic carbocycles. The van der Waals surface area contributed by atoms with E-state index in [1.54, 1.807) is 0 Å². The Kier molecular flexibility index (Phi) is 4.67. The molecule has 1 aliphatic heterocycles. The van der Waals surface area contributed by atoms with Gasteiger partial charge in [-0.1, -0.05) is 0 Å². The molecule has 2 atom stereocenters. The van der Waals surface area contributed by atoms with Crippen molar-refractivity contribution in [2.75, 3.05) is 39.0 Å². The first-order valence-electron chi connectivity index (χ1n) is 7.28. The van der Waals surface area contributed by atoms with Crippen molar-refractivity contribution >= 4 is 5.69 Å². The molecular weight excluding hydrogens is 254 g/mol. The highest BCUT2D eigenvalue weighted by molar-refractivity contribution is 5.46. The first kappa shape index (κ1) is 15.3. The van der Waals surface area contributed by atoms with E-state index in [9.17, 15) is 5.11 Å². The number of hydrogen-bond acceptors (Lipinski definition) is 5. The summed E-state index contributed by atoms with van der Waals surface area (Å²) >= 11 is 0. The molecule has 3 N–H and O–H groups in total. The maximum absolute atomic E-state index is 10.3. The minimum atomic E-state index is -0.414. The molecule has 1 aliphatic rings. The standard InChI is InChI=1S/C14H27N5O/c1-10-7-18(6-5-17(10)4)8-13(20)9-19-12(3)14(15)11(2)16-19/h10,13,20H,5-9,15H2,1-4H3. The van der Waals surface area contributed by atoms with Crippen LogP contribution in [-0.4, -0.2) is 70.1 Å². The summed E-state index contributed by atoms with van der Waals surface area (Å²) < 4.78 is 1.81. The molecule has 1 aromatic heterocycles. The number of hydrogen-bond donors (Lipinski definition) is 2. The lowest BCUT2D eigenvalue weighted by Gasteiger charge is -2.38. The number of nitrogen functional groups attached to an aromatic ring is 1. The fourth-order valence-corrected chi connectivity index (χ4v) is 2.73. The molecular formula is C14H27N5O. The van der Waals surface area contributed by atoms with Gasteiger partial charge in [-0.25, -0.2) is 0 Å². The summed E-state index contributed by atoms with van der Waals surface area (Å²) in [6.45, 7) is 10.3. The topological polar surface area (TPSA) is 70.5 Å². The Morgan fingerprint density at radius 2 is 2.05 bits per heavy atom. The number of aromatic nitrogens is 2. The van der Waals surface area contributed by atoms with Crippen LogP contribution in [0.4, 0.5) is 5.69 Å². The summed E-state index contributed by atoms with van der Waals surface area (Å²) in [5, 5.41) is 14.6. The molecule has 2 unspecified atom stereocenters. The van der Waals surface area contributed by atoms with Crippen LogP contribution in [0, 0.1) is 13.8 Å². The summed E-state index contributed by atoms with van der Waals surface area (Å²) in [6.07, 6.45) is -0.414. The van der Waals surface area contributed by atoms with E-state index in [2.05, 4.69) is 28.9 Å². The molecule has 1 aromatic rings. The van der Waals surface area contributed by atoms with Crippen LogP contribution in [0.25, 0.3) is 0 Å². The minimum absolute atomic E-state index is 0.414. The lowest BCUT2D eigenvalue weighted by molar-refractivity contribution is 0.0487. The summed E-state index contributed by atoms with van der Waals surface area (Å²) in [4.78, 5) is 4.68. The zero-order valence-corrected chi connectivity index (χ0v) is 13.0. The number of piperazine rings is 1. The summed E-state index contributed by atoms with van der Waals surface area (Å²) in [5.41, 5.74) is 8.42. The molecule has 2 rings (SSSR count). The predicted molar refractivity (Wildman–Crippen MR) is 80.7 cm³/mol. The van der Waals surface area contributed by atoms with Crippen LogP contribution in [0.1, 0.15) is 18.3 Å². The first-order valence-corrected chi connectivity index (χ1v) is 7.28. The fourth-order valence-electron chi connectivity index (χ4n) is 2.73. The molecule has 114 valence electrons. The number of β-amino-alcohol motifs (C(OH)–C–C–N with tert-alkyl or cyclic N) is 1. The largest absolute Gasteiger partial charge is 0.396 e. The summed E-state index contributed by atoms with van der Waals surface area (Å²) in [5.74, 6) is 0. The number of rotatable bonds is 4. The van der Waals surface area contributed by atoms with Crippen molar-refractivity contribution < 1.29 is 5.11 Å². The molecule has 0 spiro atoms. The van der Waals surface area contributed by atoms with Crippen LogP contribution in [0.15, 0.2) is 0 Å². The average Bonchev–Trinajstić information content (AvgIpc) is 2.61. The van der Waals surface area contributed by atoms with Gasteiger partial charge in [0, 0.05) is 32.2 Å². The van der Waals surface area contributed by atoms with E-state index in [0.29, 0.717) is 19.1 Å². The number of nitrogens with zero attached hydrogens (tertiary/aromatic N) is 4. The van der Waals surface area contributed by atoms with Crippen LogP contribution < -0.4 is 5.73 Å². The molecule has 0 amide bonds.